The summed E-state index contributed by atoms with van der Waals surface area (Å²) in [4.78, 5) is 0. The zero-order valence-electron chi connectivity index (χ0n) is 49.3. The van der Waals surface area contributed by atoms with Crippen LogP contribution in [0.2, 0.25) is 0 Å². The van der Waals surface area contributed by atoms with Gasteiger partial charge in [0, 0.05) is 16.2 Å². The summed E-state index contributed by atoms with van der Waals surface area (Å²) in [5.74, 6) is 0.259. The molecule has 6 heterocycles. The zero-order valence-corrected chi connectivity index (χ0v) is 49.3. The fourth-order valence-electron chi connectivity index (χ4n) is 18.9. The molecule has 1 spiro atoms. The van der Waals surface area contributed by atoms with Crippen LogP contribution in [0.4, 0.5) is 0 Å². The van der Waals surface area contributed by atoms with E-state index in [1.807, 2.05) is 6.92 Å². The van der Waals surface area contributed by atoms with E-state index in [4.69, 9.17) is 52.1 Å². The molecule has 0 amide bonds. The highest BCUT2D eigenvalue weighted by molar-refractivity contribution is 5.28. The Morgan fingerprint density at radius 1 is 0.447 bits per heavy atom. The molecule has 0 radical (unpaired) electrons. The summed E-state index contributed by atoms with van der Waals surface area (Å²) >= 11 is 0. The molecule has 11 fully saturated rings. The summed E-state index contributed by atoms with van der Waals surface area (Å²) in [6, 6.07) is 0. The fraction of sp³-hybridized carbons (Fsp3) is 1.00. The number of hydrogen-bond acceptors (Lipinski definition) is 27. The van der Waals surface area contributed by atoms with Crippen LogP contribution >= 0.6 is 0 Å². The molecule has 0 aromatic rings. The molecule has 5 saturated carbocycles. The van der Waals surface area contributed by atoms with E-state index in [1.165, 1.54) is 0 Å². The van der Waals surface area contributed by atoms with Gasteiger partial charge < -0.3 is 134 Å². The molecule has 0 unspecified atom stereocenters. The lowest BCUT2D eigenvalue weighted by molar-refractivity contribution is -0.398. The molecule has 11 rings (SSSR count). The van der Waals surface area contributed by atoms with Crippen molar-refractivity contribution in [2.45, 2.75) is 265 Å². The van der Waals surface area contributed by atoms with Gasteiger partial charge in [-0.3, -0.25) is 0 Å². The van der Waals surface area contributed by atoms with Crippen LogP contribution in [-0.4, -0.2) is 287 Å². The van der Waals surface area contributed by atoms with E-state index in [0.717, 1.165) is 38.5 Å². The molecule has 490 valence electrons. The minimum Gasteiger partial charge on any atom is -0.396 e. The molecule has 34 atom stereocenters. The molecule has 2 bridgehead atoms. The van der Waals surface area contributed by atoms with Gasteiger partial charge in [0.05, 0.1) is 64.1 Å². The van der Waals surface area contributed by atoms with E-state index in [0.29, 0.717) is 32.3 Å². The highest BCUT2D eigenvalue weighted by Gasteiger charge is 2.80. The predicted molar refractivity (Wildman–Crippen MR) is 284 cm³/mol. The van der Waals surface area contributed by atoms with Gasteiger partial charge in [-0.05, 0) is 98.2 Å². The lowest BCUT2D eigenvalue weighted by atomic mass is 9.30. The molecular weight excluding hydrogens is 1130 g/mol. The van der Waals surface area contributed by atoms with Crippen molar-refractivity contribution in [1.29, 1.82) is 0 Å². The number of ether oxygens (including phenoxy) is 11. The molecule has 0 aromatic carbocycles. The van der Waals surface area contributed by atoms with Crippen LogP contribution in [0.3, 0.4) is 0 Å². The SMILES string of the molecule is CC1(C)CC[C@]23CO[C@@]4(CC[C@@H]5[C@@]6(C)CC[C@H](O[C@@H]7OC[C@H](O[C@@H]8O[C@H](CO)[C@@H](O)[C@H](O)[C@H]8O[C@@H]8OC[C@@H](O)[C@H](O)[C@H]8O)[C@H](O)[C@H]7O[C@@H]7O[C@H](CO)[C@@H](O[C@@H]8O[C@H](CO)[C@@H](O)[C@H](O)[C@H]8O)[C@H](O)[C@H]7O)[C@@](C)(CO)[C@@H]6CC[C@@]5(C)[C@]4(C)C[C@H]2O)[C@@H]3C1. The van der Waals surface area contributed by atoms with Gasteiger partial charge in [-0.2, -0.15) is 0 Å². The van der Waals surface area contributed by atoms with Crippen molar-refractivity contribution in [2.75, 3.05) is 46.2 Å². The Morgan fingerprint density at radius 2 is 1.01 bits per heavy atom. The molecule has 85 heavy (non-hydrogen) atoms. The second-order valence-electron chi connectivity index (χ2n) is 28.8. The smallest absolute Gasteiger partial charge is 0.187 e. The third-order valence-electron chi connectivity index (χ3n) is 24.1. The number of aliphatic hydroxyl groups is 16. The average molecular weight is 1230 g/mol. The van der Waals surface area contributed by atoms with E-state index in [-0.39, 0.29) is 51.4 Å². The largest absolute Gasteiger partial charge is 0.396 e. The van der Waals surface area contributed by atoms with Gasteiger partial charge >= 0.3 is 0 Å². The first-order valence-corrected chi connectivity index (χ1v) is 30.7. The molecule has 11 aliphatic rings. The van der Waals surface area contributed by atoms with Gasteiger partial charge in [0.1, 0.15) is 110 Å². The Bertz CT molecular complexity index is 2310. The maximum Gasteiger partial charge on any atom is 0.187 e. The lowest BCUT2D eigenvalue weighted by Crippen LogP contribution is -2.74. The summed E-state index contributed by atoms with van der Waals surface area (Å²) in [5.41, 5.74) is -2.47. The van der Waals surface area contributed by atoms with Crippen molar-refractivity contribution in [1.82, 2.24) is 0 Å². The average Bonchev–Trinajstić information content (AvgIpc) is 1.64. The molecule has 0 aromatic heterocycles. The molecule has 27 nitrogen and oxygen atoms in total. The Morgan fingerprint density at radius 3 is 1.68 bits per heavy atom. The Kier molecular flexibility index (Phi) is 18.3. The maximum absolute atomic E-state index is 12.6. The molecular formula is C58H96O27. The quantitative estimate of drug-likeness (QED) is 0.0732. The minimum atomic E-state index is -2.10. The molecule has 5 aliphatic carbocycles. The monoisotopic (exact) mass is 1220 g/mol. The second kappa shape index (κ2) is 23.8. The number of aliphatic hydroxyl groups excluding tert-OH is 16. The Balaban J connectivity index is 0.866. The topological polar surface area (TPSA) is 425 Å². The van der Waals surface area contributed by atoms with Gasteiger partial charge in [-0.1, -0.05) is 41.5 Å². The second-order valence-corrected chi connectivity index (χ2v) is 28.8. The number of hydrogen-bond donors (Lipinski definition) is 16. The van der Waals surface area contributed by atoms with Crippen molar-refractivity contribution in [3.8, 4) is 0 Å². The molecule has 6 aliphatic heterocycles. The van der Waals surface area contributed by atoms with Gasteiger partial charge in [-0.25, -0.2) is 0 Å². The van der Waals surface area contributed by atoms with Gasteiger partial charge in [0.15, 0.2) is 31.5 Å². The van der Waals surface area contributed by atoms with Crippen molar-refractivity contribution in [2.24, 2.45) is 50.2 Å². The maximum atomic E-state index is 12.6. The van der Waals surface area contributed by atoms with E-state index >= 15 is 0 Å². The van der Waals surface area contributed by atoms with Crippen LogP contribution < -0.4 is 0 Å². The highest BCUT2D eigenvalue weighted by Crippen LogP contribution is 2.80. The Labute approximate surface area is 493 Å². The summed E-state index contributed by atoms with van der Waals surface area (Å²) in [6.45, 7) is 10.4. The summed E-state index contributed by atoms with van der Waals surface area (Å²) in [7, 11) is 0. The van der Waals surface area contributed by atoms with E-state index in [9.17, 15) is 81.7 Å². The highest BCUT2D eigenvalue weighted by atomic mass is 16.8. The van der Waals surface area contributed by atoms with E-state index in [1.54, 1.807) is 0 Å². The summed E-state index contributed by atoms with van der Waals surface area (Å²) in [6.07, 6.45) is -34.2. The van der Waals surface area contributed by atoms with Crippen LogP contribution in [0, 0.1) is 50.2 Å². The summed E-state index contributed by atoms with van der Waals surface area (Å²) in [5, 5.41) is 176. The summed E-state index contributed by atoms with van der Waals surface area (Å²) < 4.78 is 67.8. The van der Waals surface area contributed by atoms with Gasteiger partial charge in [0.25, 0.3) is 0 Å². The van der Waals surface area contributed by atoms with E-state index < -0.39 is 198 Å². The van der Waals surface area contributed by atoms with E-state index in [2.05, 4.69) is 34.6 Å². The first kappa shape index (κ1) is 65.4. The van der Waals surface area contributed by atoms with Crippen LogP contribution in [0.25, 0.3) is 0 Å². The third-order valence-corrected chi connectivity index (χ3v) is 24.1. The minimum absolute atomic E-state index is 0.115. The van der Waals surface area contributed by atoms with Crippen molar-refractivity contribution >= 4 is 0 Å². The van der Waals surface area contributed by atoms with Crippen molar-refractivity contribution in [3.63, 3.8) is 0 Å². The number of fused-ring (bicyclic) bond motifs is 4. The lowest BCUT2D eigenvalue weighted by Gasteiger charge is -2.75. The molecule has 16 N–H and O–H groups in total. The van der Waals surface area contributed by atoms with Crippen LogP contribution in [0.15, 0.2) is 0 Å². The standard InChI is InChI=1S/C58H96O27/c1-52(2)13-14-57-23-77-58(31(57)15-52)12-8-30-53(3)10-9-33(54(4,22-62)29(53)7-11-55(30,5)56(58,6)16-32(57)64)82-50-45(85-49-43(74)40(71)44(27(19-61)80-49)83-48-42(73)38(69)35(66)25(17-59)78-48)37(68)28(21-76-50)81-51-46(39(70)36(67)26(18-60)79-51)84-47-41(72)34(65)24(63)20-75-47/h24-51,59-74H,7-23H2,1-6H3/t24-,25-,26-,27-,28+,29-,30-,31-,32-,33+,34+,35-,36-,37+,38+,39+,40-,41-,42-,43-,44-,45-,46-,47+,48+,49+,50+,51+,53+,54+,55-,56+,57-,58+/m1/s1. The molecule has 6 saturated heterocycles. The van der Waals surface area contributed by atoms with Gasteiger partial charge in [0.2, 0.25) is 0 Å². The van der Waals surface area contributed by atoms with Crippen LogP contribution in [0.1, 0.15) is 106 Å². The Hall–Kier alpha value is -1.08. The van der Waals surface area contributed by atoms with Crippen molar-refractivity contribution in [3.05, 3.63) is 0 Å². The van der Waals surface area contributed by atoms with Crippen LogP contribution in [0.5, 0.6) is 0 Å². The zero-order chi connectivity index (χ0) is 61.5. The first-order chi connectivity index (χ1) is 40.0. The van der Waals surface area contributed by atoms with Gasteiger partial charge in [-0.15, -0.1) is 0 Å². The third kappa shape index (κ3) is 10.3. The fourth-order valence-corrected chi connectivity index (χ4v) is 18.9. The predicted octanol–water partition coefficient (Wildman–Crippen LogP) is -4.28. The van der Waals surface area contributed by atoms with Crippen molar-refractivity contribution < 1.29 is 134 Å². The normalized spacial score (nSPS) is 57.7. The number of rotatable bonds is 14. The molecule has 27 heteroatoms. The first-order valence-electron chi connectivity index (χ1n) is 30.7. The van der Waals surface area contributed by atoms with Crippen LogP contribution in [-0.2, 0) is 52.1 Å².